The number of nitrogens with zero attached hydrogens (tertiary/aromatic N) is 1. The summed E-state index contributed by atoms with van der Waals surface area (Å²) in [6.45, 7) is 2.15. The molecule has 0 bridgehead atoms. The highest BCUT2D eigenvalue weighted by Crippen LogP contribution is 2.23. The maximum atomic E-state index is 4.49. The van der Waals surface area contributed by atoms with Gasteiger partial charge in [-0.25, -0.2) is 0 Å². The lowest BCUT2D eigenvalue weighted by Gasteiger charge is -2.03. The largest absolute Gasteiger partial charge is 0.256 e. The van der Waals surface area contributed by atoms with Crippen LogP contribution in [0.15, 0.2) is 48.7 Å². The lowest BCUT2D eigenvalue weighted by molar-refractivity contribution is 1.24. The standard InChI is InChI=1S/C15H13NS/c1-11-7-8-14(17-11)10-13-5-2-4-12-6-3-9-16-15(12)13/h2-9H,10H2,1H3. The van der Waals surface area contributed by atoms with Crippen molar-refractivity contribution in [2.45, 2.75) is 13.3 Å². The average Bonchev–Trinajstić information content (AvgIpc) is 2.75. The van der Waals surface area contributed by atoms with E-state index in [1.165, 1.54) is 20.7 Å². The van der Waals surface area contributed by atoms with E-state index < -0.39 is 0 Å². The van der Waals surface area contributed by atoms with Gasteiger partial charge in [0.1, 0.15) is 0 Å². The number of hydrogen-bond donors (Lipinski definition) is 0. The summed E-state index contributed by atoms with van der Waals surface area (Å²) in [5, 5.41) is 1.22. The first kappa shape index (κ1) is 10.5. The predicted molar refractivity (Wildman–Crippen MR) is 73.6 cm³/mol. The monoisotopic (exact) mass is 239 g/mol. The fourth-order valence-corrected chi connectivity index (χ4v) is 2.99. The van der Waals surface area contributed by atoms with Gasteiger partial charge >= 0.3 is 0 Å². The molecule has 0 aliphatic carbocycles. The van der Waals surface area contributed by atoms with Crippen LogP contribution in [-0.4, -0.2) is 4.98 Å². The Labute approximate surface area is 105 Å². The molecule has 1 nitrogen and oxygen atoms in total. The fraction of sp³-hybridized carbons (Fsp3) is 0.133. The van der Waals surface area contributed by atoms with Crippen LogP contribution in [0.2, 0.25) is 0 Å². The van der Waals surface area contributed by atoms with Crippen LogP contribution in [0, 0.1) is 6.92 Å². The molecule has 0 amide bonds. The quantitative estimate of drug-likeness (QED) is 0.653. The van der Waals surface area contributed by atoms with Gasteiger partial charge in [-0.1, -0.05) is 24.3 Å². The van der Waals surface area contributed by atoms with Gasteiger partial charge in [0, 0.05) is 27.8 Å². The molecule has 3 aromatic rings. The molecule has 0 fully saturated rings. The molecule has 17 heavy (non-hydrogen) atoms. The summed E-state index contributed by atoms with van der Waals surface area (Å²) in [7, 11) is 0. The highest BCUT2D eigenvalue weighted by molar-refractivity contribution is 7.11. The molecule has 2 heterocycles. The zero-order valence-electron chi connectivity index (χ0n) is 9.68. The van der Waals surface area contributed by atoms with E-state index in [1.54, 1.807) is 0 Å². The Hall–Kier alpha value is -1.67. The number of rotatable bonds is 2. The summed E-state index contributed by atoms with van der Waals surface area (Å²) >= 11 is 1.86. The Kier molecular flexibility index (Phi) is 2.65. The molecule has 2 aromatic heterocycles. The first-order chi connectivity index (χ1) is 8.33. The summed E-state index contributed by atoms with van der Waals surface area (Å²) in [5.41, 5.74) is 2.44. The van der Waals surface area contributed by atoms with Crippen LogP contribution in [-0.2, 0) is 6.42 Å². The summed E-state index contributed by atoms with van der Waals surface area (Å²) in [6, 6.07) is 14.9. The van der Waals surface area contributed by atoms with Crippen LogP contribution in [0.25, 0.3) is 10.9 Å². The van der Waals surface area contributed by atoms with Crippen molar-refractivity contribution in [2.24, 2.45) is 0 Å². The molecule has 0 aliphatic rings. The number of thiophene rings is 1. The summed E-state index contributed by atoms with van der Waals surface area (Å²) < 4.78 is 0. The Balaban J connectivity index is 2.05. The van der Waals surface area contributed by atoms with Crippen molar-refractivity contribution in [3.8, 4) is 0 Å². The lowest BCUT2D eigenvalue weighted by atomic mass is 10.1. The number of benzene rings is 1. The number of aromatic nitrogens is 1. The zero-order chi connectivity index (χ0) is 11.7. The number of para-hydroxylation sites is 1. The van der Waals surface area contributed by atoms with Crippen LogP contribution >= 0.6 is 11.3 Å². The molecule has 3 rings (SSSR count). The molecule has 0 saturated heterocycles. The minimum atomic E-state index is 0.979. The molecule has 2 heteroatoms. The minimum Gasteiger partial charge on any atom is -0.256 e. The third kappa shape index (κ3) is 2.08. The topological polar surface area (TPSA) is 12.9 Å². The first-order valence-corrected chi connectivity index (χ1v) is 6.52. The van der Waals surface area contributed by atoms with Crippen molar-refractivity contribution in [3.63, 3.8) is 0 Å². The van der Waals surface area contributed by atoms with E-state index in [-0.39, 0.29) is 0 Å². The highest BCUT2D eigenvalue weighted by Gasteiger charge is 2.04. The normalized spacial score (nSPS) is 10.9. The molecule has 0 radical (unpaired) electrons. The first-order valence-electron chi connectivity index (χ1n) is 5.71. The molecule has 0 atom stereocenters. The molecule has 0 aliphatic heterocycles. The summed E-state index contributed by atoms with van der Waals surface area (Å²) in [4.78, 5) is 7.26. The van der Waals surface area contributed by atoms with Gasteiger partial charge in [-0.3, -0.25) is 4.98 Å². The van der Waals surface area contributed by atoms with Gasteiger partial charge in [0.15, 0.2) is 0 Å². The predicted octanol–water partition coefficient (Wildman–Crippen LogP) is 4.20. The number of hydrogen-bond acceptors (Lipinski definition) is 2. The second-order valence-electron chi connectivity index (χ2n) is 4.18. The number of fused-ring (bicyclic) bond motifs is 1. The smallest absolute Gasteiger partial charge is 0.0737 e. The zero-order valence-corrected chi connectivity index (χ0v) is 10.5. The van der Waals surface area contributed by atoms with Gasteiger partial charge in [-0.15, -0.1) is 11.3 Å². The Morgan fingerprint density at radius 3 is 2.76 bits per heavy atom. The van der Waals surface area contributed by atoms with E-state index in [9.17, 15) is 0 Å². The molecule has 0 unspecified atom stereocenters. The number of aryl methyl sites for hydroxylation is 1. The molecular weight excluding hydrogens is 226 g/mol. The lowest BCUT2D eigenvalue weighted by Crippen LogP contribution is -1.89. The Morgan fingerprint density at radius 2 is 1.94 bits per heavy atom. The van der Waals surface area contributed by atoms with Crippen molar-refractivity contribution in [2.75, 3.05) is 0 Å². The maximum absolute atomic E-state index is 4.49. The van der Waals surface area contributed by atoms with Gasteiger partial charge in [-0.05, 0) is 30.7 Å². The Morgan fingerprint density at radius 1 is 1.06 bits per heavy atom. The van der Waals surface area contributed by atoms with Crippen LogP contribution in [0.5, 0.6) is 0 Å². The van der Waals surface area contributed by atoms with Gasteiger partial charge in [0.25, 0.3) is 0 Å². The second-order valence-corrected chi connectivity index (χ2v) is 5.55. The number of pyridine rings is 1. The average molecular weight is 239 g/mol. The van der Waals surface area contributed by atoms with Gasteiger partial charge in [0.2, 0.25) is 0 Å². The maximum Gasteiger partial charge on any atom is 0.0737 e. The highest BCUT2D eigenvalue weighted by atomic mass is 32.1. The molecule has 0 N–H and O–H groups in total. The van der Waals surface area contributed by atoms with E-state index >= 15 is 0 Å². The van der Waals surface area contributed by atoms with Crippen LogP contribution < -0.4 is 0 Å². The molecule has 84 valence electrons. The molecule has 0 saturated carbocycles. The van der Waals surface area contributed by atoms with Crippen molar-refractivity contribution < 1.29 is 0 Å². The fourth-order valence-electron chi connectivity index (χ4n) is 2.08. The third-order valence-corrected chi connectivity index (χ3v) is 3.88. The summed E-state index contributed by atoms with van der Waals surface area (Å²) in [5.74, 6) is 0. The van der Waals surface area contributed by atoms with Crippen molar-refractivity contribution in [3.05, 3.63) is 64.0 Å². The third-order valence-electron chi connectivity index (χ3n) is 2.88. The van der Waals surface area contributed by atoms with Gasteiger partial charge < -0.3 is 0 Å². The van der Waals surface area contributed by atoms with Crippen molar-refractivity contribution >= 4 is 22.2 Å². The SMILES string of the molecule is Cc1ccc(Cc2cccc3cccnc23)s1. The molecular formula is C15H13NS. The molecule has 0 spiro atoms. The Bertz CT molecular complexity index is 649. The summed E-state index contributed by atoms with van der Waals surface area (Å²) in [6.07, 6.45) is 2.85. The second kappa shape index (κ2) is 4.30. The van der Waals surface area contributed by atoms with Crippen LogP contribution in [0.1, 0.15) is 15.3 Å². The van der Waals surface area contributed by atoms with Crippen molar-refractivity contribution in [1.29, 1.82) is 0 Å². The van der Waals surface area contributed by atoms with Gasteiger partial charge in [-0.2, -0.15) is 0 Å². The van der Waals surface area contributed by atoms with Crippen molar-refractivity contribution in [1.82, 2.24) is 4.98 Å². The van der Waals surface area contributed by atoms with Crippen LogP contribution in [0.3, 0.4) is 0 Å². The van der Waals surface area contributed by atoms with E-state index in [1.807, 2.05) is 23.6 Å². The van der Waals surface area contributed by atoms with Gasteiger partial charge in [0.05, 0.1) is 5.52 Å². The van der Waals surface area contributed by atoms with E-state index in [4.69, 9.17) is 0 Å². The molecule has 1 aromatic carbocycles. The van der Waals surface area contributed by atoms with E-state index in [2.05, 4.69) is 48.3 Å². The van der Waals surface area contributed by atoms with E-state index in [0.717, 1.165) is 11.9 Å². The minimum absolute atomic E-state index is 0.979. The van der Waals surface area contributed by atoms with Crippen LogP contribution in [0.4, 0.5) is 0 Å². The van der Waals surface area contributed by atoms with E-state index in [0.29, 0.717) is 0 Å².